The van der Waals surface area contributed by atoms with Crippen LogP contribution in [0.2, 0.25) is 0 Å². The fourth-order valence-corrected chi connectivity index (χ4v) is 14.1. The van der Waals surface area contributed by atoms with E-state index in [4.69, 9.17) is 28.4 Å². The summed E-state index contributed by atoms with van der Waals surface area (Å²) in [6.45, 7) is 14.4. The molecule has 0 unspecified atom stereocenters. The van der Waals surface area contributed by atoms with Crippen LogP contribution in [0.1, 0.15) is 107 Å². The van der Waals surface area contributed by atoms with Crippen LogP contribution in [-0.2, 0) is 28.4 Å². The Labute approximate surface area is 393 Å². The molecule has 7 rings (SSSR count). The molecule has 0 amide bonds. The lowest BCUT2D eigenvalue weighted by Crippen LogP contribution is -2.65. The third-order valence-corrected chi connectivity index (χ3v) is 18.7. The molecular formula is C48H82O19. The van der Waals surface area contributed by atoms with Gasteiger partial charge >= 0.3 is 0 Å². The maximum atomic E-state index is 12.4. The largest absolute Gasteiger partial charge is 0.394 e. The van der Waals surface area contributed by atoms with Crippen LogP contribution in [0, 0.1) is 45.3 Å². The van der Waals surface area contributed by atoms with Crippen molar-refractivity contribution in [3.05, 3.63) is 11.6 Å². The quantitative estimate of drug-likeness (QED) is 0.0924. The maximum absolute atomic E-state index is 12.4. The molecule has 3 saturated heterocycles. The molecule has 67 heavy (non-hydrogen) atoms. The highest BCUT2D eigenvalue weighted by Crippen LogP contribution is 2.75. The number of fused-ring (bicyclic) bond motifs is 5. The van der Waals surface area contributed by atoms with E-state index in [1.165, 1.54) is 5.57 Å². The van der Waals surface area contributed by atoms with Crippen LogP contribution in [0.4, 0.5) is 0 Å². The molecule has 25 atom stereocenters. The molecule has 7 aliphatic rings. The van der Waals surface area contributed by atoms with Gasteiger partial charge in [0.05, 0.1) is 43.7 Å². The van der Waals surface area contributed by atoms with Gasteiger partial charge in [-0.15, -0.1) is 0 Å². The smallest absolute Gasteiger partial charge is 0.187 e. The lowest BCUT2D eigenvalue weighted by atomic mass is 9.38. The van der Waals surface area contributed by atoms with Gasteiger partial charge in [-0.1, -0.05) is 53.2 Å². The van der Waals surface area contributed by atoms with Crippen molar-refractivity contribution in [3.8, 4) is 0 Å². The third-order valence-electron chi connectivity index (χ3n) is 18.7. The van der Waals surface area contributed by atoms with Gasteiger partial charge in [-0.2, -0.15) is 0 Å². The van der Waals surface area contributed by atoms with Crippen molar-refractivity contribution in [1.29, 1.82) is 0 Å². The Hall–Kier alpha value is -1.02. The zero-order valence-electron chi connectivity index (χ0n) is 40.3. The predicted molar refractivity (Wildman–Crippen MR) is 235 cm³/mol. The molecule has 0 aromatic rings. The van der Waals surface area contributed by atoms with E-state index in [1.54, 1.807) is 13.8 Å². The van der Waals surface area contributed by atoms with Crippen LogP contribution in [0.25, 0.3) is 0 Å². The molecule has 19 heteroatoms. The second-order valence-corrected chi connectivity index (χ2v) is 23.1. The van der Waals surface area contributed by atoms with Crippen molar-refractivity contribution in [2.24, 2.45) is 45.3 Å². The van der Waals surface area contributed by atoms with Crippen LogP contribution in [-0.4, -0.2) is 202 Å². The molecule has 388 valence electrons. The Bertz CT molecular complexity index is 1710. The third kappa shape index (κ3) is 9.24. The molecule has 0 bridgehead atoms. The number of hydrogen-bond acceptors (Lipinski definition) is 19. The summed E-state index contributed by atoms with van der Waals surface area (Å²) in [6, 6.07) is 0. The van der Waals surface area contributed by atoms with Crippen LogP contribution < -0.4 is 0 Å². The van der Waals surface area contributed by atoms with Gasteiger partial charge in [-0.05, 0) is 99.7 Å². The van der Waals surface area contributed by atoms with E-state index in [9.17, 15) is 66.4 Å². The minimum absolute atomic E-state index is 0.0795. The predicted octanol–water partition coefficient (Wildman–Crippen LogP) is -1.06. The standard InChI is InChI=1S/C48H82O19/c1-21(22-15-16-46(6)28-12-10-23-24(11-13-29(51)44(23,2)3)48(28,8)30(52)17-47(22,46)7)9-14-31(45(4,5)61)66-43-40(67-42-39(60)36(57)33(54)26(19-50)64-42)37(58)34(55)27(65-43)20-62-41-38(59)35(56)32(53)25(18-49)63-41/h10,21-22,24-43,49-61H,9,11-20H2,1-8H3/t21-,22-,24-,25-,26-,27-,28-,29+,30-,31-,32-,33-,34-,35+,36+,37+,38-,39-,40-,41-,42+,43+,46+,47-,48+/m0/s1. The molecule has 3 aliphatic heterocycles. The highest BCUT2D eigenvalue weighted by Gasteiger charge is 2.70. The number of allylic oxidation sites excluding steroid dienone is 1. The first kappa shape index (κ1) is 53.8. The number of hydrogen-bond donors (Lipinski definition) is 13. The topological polar surface area (TPSA) is 318 Å². The molecule has 0 spiro atoms. The minimum Gasteiger partial charge on any atom is -0.394 e. The lowest BCUT2D eigenvalue weighted by Gasteiger charge is -2.67. The molecule has 0 aromatic heterocycles. The number of ether oxygens (including phenoxy) is 6. The Morgan fingerprint density at radius 1 is 0.672 bits per heavy atom. The summed E-state index contributed by atoms with van der Waals surface area (Å²) < 4.78 is 35.5. The van der Waals surface area contributed by atoms with Crippen molar-refractivity contribution in [2.75, 3.05) is 19.8 Å². The highest BCUT2D eigenvalue weighted by molar-refractivity contribution is 5.31. The van der Waals surface area contributed by atoms with Gasteiger partial charge in [0.1, 0.15) is 73.2 Å². The van der Waals surface area contributed by atoms with Crippen molar-refractivity contribution in [2.45, 2.75) is 223 Å². The molecule has 6 fully saturated rings. The van der Waals surface area contributed by atoms with Gasteiger partial charge in [0, 0.05) is 10.8 Å². The van der Waals surface area contributed by atoms with Crippen molar-refractivity contribution in [3.63, 3.8) is 0 Å². The van der Waals surface area contributed by atoms with E-state index in [0.29, 0.717) is 19.3 Å². The molecule has 3 saturated carbocycles. The Morgan fingerprint density at radius 3 is 1.84 bits per heavy atom. The summed E-state index contributed by atoms with van der Waals surface area (Å²) in [5, 5.41) is 141. The first-order valence-corrected chi connectivity index (χ1v) is 24.5. The average molecular weight is 963 g/mol. The van der Waals surface area contributed by atoms with E-state index in [2.05, 4.69) is 47.6 Å². The van der Waals surface area contributed by atoms with E-state index in [-0.39, 0.29) is 51.8 Å². The number of aliphatic hydroxyl groups excluding tert-OH is 12. The second-order valence-electron chi connectivity index (χ2n) is 23.1. The van der Waals surface area contributed by atoms with E-state index in [0.717, 1.165) is 25.7 Å². The SMILES string of the molecule is C[C@@H](CC[C@H](O[C@H]1O[C@@H](CO[C@H]2O[C@@H](CO)[C@H](O)[C@@H](O)[C@@H]2O)[C@H](O)[C@@H](O)[C@@H]1O[C@H]1O[C@@H](CO)[C@H](O)[C@@H](O)[C@@H]1O)C(C)(C)O)[C@@H]1CC[C@]2(C)[C@@H]3CC=C4[C@H](CC[C@@H](O)C4(C)C)[C@@]3(C)[C@@H](O)C[C@@]12C. The van der Waals surface area contributed by atoms with E-state index >= 15 is 0 Å². The molecule has 0 aromatic carbocycles. The molecule has 3 heterocycles. The molecule has 13 N–H and O–H groups in total. The number of rotatable bonds is 14. The van der Waals surface area contributed by atoms with Gasteiger partial charge in [-0.25, -0.2) is 0 Å². The average Bonchev–Trinajstić information content (AvgIpc) is 3.54. The van der Waals surface area contributed by atoms with Gasteiger partial charge in [0.25, 0.3) is 0 Å². The molecule has 19 nitrogen and oxygen atoms in total. The van der Waals surface area contributed by atoms with E-state index < -0.39 is 136 Å². The monoisotopic (exact) mass is 963 g/mol. The van der Waals surface area contributed by atoms with Gasteiger partial charge in [-0.3, -0.25) is 0 Å². The van der Waals surface area contributed by atoms with Crippen LogP contribution >= 0.6 is 0 Å². The van der Waals surface area contributed by atoms with Crippen molar-refractivity contribution >= 4 is 0 Å². The molecule has 4 aliphatic carbocycles. The van der Waals surface area contributed by atoms with Crippen LogP contribution in [0.3, 0.4) is 0 Å². The molecule has 0 radical (unpaired) electrons. The summed E-state index contributed by atoms with van der Waals surface area (Å²) in [5.74, 6) is 0.678. The normalized spacial score (nSPS) is 51.0. The first-order chi connectivity index (χ1) is 31.2. The van der Waals surface area contributed by atoms with Crippen LogP contribution in [0.15, 0.2) is 11.6 Å². The summed E-state index contributed by atoms with van der Waals surface area (Å²) in [4.78, 5) is 0. The van der Waals surface area contributed by atoms with E-state index in [1.807, 2.05) is 0 Å². The summed E-state index contributed by atoms with van der Waals surface area (Å²) in [7, 11) is 0. The van der Waals surface area contributed by atoms with Crippen molar-refractivity contribution < 1.29 is 94.8 Å². The summed E-state index contributed by atoms with van der Waals surface area (Å²) >= 11 is 0. The number of aliphatic hydroxyl groups is 13. The van der Waals surface area contributed by atoms with Crippen LogP contribution in [0.5, 0.6) is 0 Å². The first-order valence-electron chi connectivity index (χ1n) is 24.5. The van der Waals surface area contributed by atoms with Gasteiger partial charge in [0.15, 0.2) is 18.9 Å². The highest BCUT2D eigenvalue weighted by atomic mass is 16.8. The fourth-order valence-electron chi connectivity index (χ4n) is 14.1. The van der Waals surface area contributed by atoms with Gasteiger partial charge < -0.3 is 94.8 Å². The van der Waals surface area contributed by atoms with Crippen molar-refractivity contribution in [1.82, 2.24) is 0 Å². The summed E-state index contributed by atoms with van der Waals surface area (Å²) in [5.41, 5.74) is -1.32. The second kappa shape index (κ2) is 19.8. The zero-order chi connectivity index (χ0) is 49.5. The minimum atomic E-state index is -1.90. The molecular weight excluding hydrogens is 881 g/mol. The zero-order valence-corrected chi connectivity index (χ0v) is 40.3. The summed E-state index contributed by atoms with van der Waals surface area (Å²) in [6.07, 6.45) is -19.2. The Morgan fingerprint density at radius 2 is 1.24 bits per heavy atom. The fraction of sp³-hybridized carbons (Fsp3) is 0.958. The van der Waals surface area contributed by atoms with Gasteiger partial charge in [0.2, 0.25) is 0 Å². The lowest BCUT2D eigenvalue weighted by molar-refractivity contribution is -0.380. The maximum Gasteiger partial charge on any atom is 0.187 e. The Kier molecular flexibility index (Phi) is 15.9. The Balaban J connectivity index is 1.10.